The number of nitrogens with zero attached hydrogens (tertiary/aromatic N) is 2. The number of hydrogen-bond acceptors (Lipinski definition) is 6. The summed E-state index contributed by atoms with van der Waals surface area (Å²) in [5.41, 5.74) is 11.9. The van der Waals surface area contributed by atoms with Crippen molar-refractivity contribution in [2.24, 2.45) is 0 Å². The minimum atomic E-state index is 0.199. The van der Waals surface area contributed by atoms with E-state index in [0.717, 1.165) is 0 Å². The van der Waals surface area contributed by atoms with Gasteiger partial charge in [-0.25, -0.2) is 0 Å². The van der Waals surface area contributed by atoms with E-state index in [1.54, 1.807) is 7.05 Å². The second kappa shape index (κ2) is 3.21. The lowest BCUT2D eigenvalue weighted by Crippen LogP contribution is -2.11. The maximum Gasteiger partial charge on any atom is 0.224 e. The van der Waals surface area contributed by atoms with E-state index in [1.807, 2.05) is 0 Å². The fourth-order valence-corrected chi connectivity index (χ4v) is 1.27. The number of nitrogens with one attached hydrogen (secondary N) is 2. The maximum atomic E-state index is 5.70. The average molecular weight is 194 g/mol. The molecule has 76 valence electrons. The van der Waals surface area contributed by atoms with Crippen molar-refractivity contribution in [3.05, 3.63) is 0 Å². The fraction of sp³-hybridized carbons (Fsp3) is 0.500. The van der Waals surface area contributed by atoms with E-state index in [9.17, 15) is 0 Å². The van der Waals surface area contributed by atoms with Crippen molar-refractivity contribution in [3.63, 3.8) is 0 Å². The summed E-state index contributed by atoms with van der Waals surface area (Å²) in [4.78, 5) is 7.97. The molecule has 0 aliphatic heterocycles. The second-order valence-corrected chi connectivity index (χ2v) is 3.36. The highest BCUT2D eigenvalue weighted by Crippen LogP contribution is 2.30. The molecule has 0 amide bonds. The molecule has 0 bridgehead atoms. The smallest absolute Gasteiger partial charge is 0.224 e. The Morgan fingerprint density at radius 3 is 2.57 bits per heavy atom. The average Bonchev–Trinajstić information content (AvgIpc) is 2.87. The van der Waals surface area contributed by atoms with E-state index in [1.165, 1.54) is 12.8 Å². The van der Waals surface area contributed by atoms with Gasteiger partial charge in [0.1, 0.15) is 5.69 Å². The first-order chi connectivity index (χ1) is 6.70. The molecule has 0 aromatic carbocycles. The molecule has 6 N–H and O–H groups in total. The first-order valence-electron chi connectivity index (χ1n) is 4.58. The zero-order chi connectivity index (χ0) is 10.1. The highest BCUT2D eigenvalue weighted by atomic mass is 15.2. The Morgan fingerprint density at radius 1 is 1.29 bits per heavy atom. The molecule has 2 rings (SSSR count). The second-order valence-electron chi connectivity index (χ2n) is 3.36. The summed E-state index contributed by atoms with van der Waals surface area (Å²) in [5, 5.41) is 6.20. The van der Waals surface area contributed by atoms with Gasteiger partial charge in [0.2, 0.25) is 5.95 Å². The van der Waals surface area contributed by atoms with Crippen LogP contribution in [0.15, 0.2) is 0 Å². The Bertz CT molecular complexity index is 346. The van der Waals surface area contributed by atoms with Gasteiger partial charge in [-0.2, -0.15) is 9.97 Å². The van der Waals surface area contributed by atoms with Crippen molar-refractivity contribution >= 4 is 23.3 Å². The van der Waals surface area contributed by atoms with Gasteiger partial charge in [0.15, 0.2) is 11.6 Å². The van der Waals surface area contributed by atoms with Crippen molar-refractivity contribution in [3.8, 4) is 0 Å². The van der Waals surface area contributed by atoms with E-state index in [4.69, 9.17) is 11.5 Å². The van der Waals surface area contributed by atoms with Crippen LogP contribution in [0.4, 0.5) is 23.3 Å². The van der Waals surface area contributed by atoms with Crippen molar-refractivity contribution < 1.29 is 0 Å². The van der Waals surface area contributed by atoms with Crippen molar-refractivity contribution in [1.82, 2.24) is 9.97 Å². The lowest BCUT2D eigenvalue weighted by molar-refractivity contribution is 1.09. The summed E-state index contributed by atoms with van der Waals surface area (Å²) in [6.07, 6.45) is 2.35. The first-order valence-corrected chi connectivity index (χ1v) is 4.58. The third-order valence-electron chi connectivity index (χ3n) is 2.12. The number of anilines is 4. The predicted molar refractivity (Wildman–Crippen MR) is 57.0 cm³/mol. The molecule has 0 radical (unpaired) electrons. The maximum absolute atomic E-state index is 5.70. The molecule has 1 saturated carbocycles. The van der Waals surface area contributed by atoms with Gasteiger partial charge in [0.25, 0.3) is 0 Å². The number of nitrogen functional groups attached to an aromatic ring is 2. The molecule has 1 aromatic rings. The fourth-order valence-electron chi connectivity index (χ4n) is 1.27. The van der Waals surface area contributed by atoms with Crippen LogP contribution in [0.25, 0.3) is 0 Å². The Morgan fingerprint density at radius 2 is 2.00 bits per heavy atom. The van der Waals surface area contributed by atoms with Crippen LogP contribution in [0.2, 0.25) is 0 Å². The van der Waals surface area contributed by atoms with Gasteiger partial charge in [-0.05, 0) is 12.8 Å². The topological polar surface area (TPSA) is 102 Å². The molecule has 0 saturated heterocycles. The van der Waals surface area contributed by atoms with Gasteiger partial charge in [-0.1, -0.05) is 0 Å². The molecule has 1 heterocycles. The minimum Gasteiger partial charge on any atom is -0.382 e. The zero-order valence-electron chi connectivity index (χ0n) is 8.04. The molecular weight excluding hydrogens is 180 g/mol. The van der Waals surface area contributed by atoms with Crippen LogP contribution < -0.4 is 22.1 Å². The van der Waals surface area contributed by atoms with Crippen LogP contribution in [0.1, 0.15) is 12.8 Å². The summed E-state index contributed by atoms with van der Waals surface area (Å²) < 4.78 is 0. The third kappa shape index (κ3) is 1.63. The van der Waals surface area contributed by atoms with Crippen LogP contribution >= 0.6 is 0 Å². The van der Waals surface area contributed by atoms with Crippen molar-refractivity contribution in [2.45, 2.75) is 18.9 Å². The first kappa shape index (κ1) is 8.86. The largest absolute Gasteiger partial charge is 0.382 e. The predicted octanol–water partition coefficient (Wildman–Crippen LogP) is 0.257. The van der Waals surface area contributed by atoms with E-state index in [2.05, 4.69) is 20.6 Å². The van der Waals surface area contributed by atoms with E-state index in [0.29, 0.717) is 23.4 Å². The summed E-state index contributed by atoms with van der Waals surface area (Å²) in [6.45, 7) is 0. The minimum absolute atomic E-state index is 0.199. The molecule has 0 unspecified atom stereocenters. The lowest BCUT2D eigenvalue weighted by Gasteiger charge is -2.11. The summed E-state index contributed by atoms with van der Waals surface area (Å²) >= 11 is 0. The monoisotopic (exact) mass is 194 g/mol. The van der Waals surface area contributed by atoms with Gasteiger partial charge in [0, 0.05) is 13.1 Å². The van der Waals surface area contributed by atoms with Gasteiger partial charge in [-0.15, -0.1) is 0 Å². The molecule has 0 spiro atoms. The highest BCUT2D eigenvalue weighted by Gasteiger charge is 2.23. The highest BCUT2D eigenvalue weighted by molar-refractivity contribution is 5.76. The molecule has 1 aromatic heterocycles. The molecule has 1 aliphatic rings. The Balaban J connectivity index is 2.33. The number of rotatable bonds is 3. The molecule has 6 heteroatoms. The van der Waals surface area contributed by atoms with Crippen molar-refractivity contribution in [1.29, 1.82) is 0 Å². The normalized spacial score (nSPS) is 15.2. The van der Waals surface area contributed by atoms with Crippen LogP contribution in [0.5, 0.6) is 0 Å². The van der Waals surface area contributed by atoms with E-state index >= 15 is 0 Å². The Kier molecular flexibility index (Phi) is 2.03. The van der Waals surface area contributed by atoms with Crippen LogP contribution in [-0.4, -0.2) is 23.1 Å². The molecule has 6 nitrogen and oxygen atoms in total. The van der Waals surface area contributed by atoms with E-state index < -0.39 is 0 Å². The third-order valence-corrected chi connectivity index (χ3v) is 2.12. The SMILES string of the molecule is CNc1c(N)nc(N)nc1NC1CC1. The number of hydrogen-bond donors (Lipinski definition) is 4. The summed E-state index contributed by atoms with van der Waals surface area (Å²) in [7, 11) is 1.78. The van der Waals surface area contributed by atoms with Gasteiger partial charge < -0.3 is 22.1 Å². The molecule has 0 atom stereocenters. The standard InChI is InChI=1S/C8H14N6/c1-11-5-6(9)13-8(10)14-7(5)12-4-2-3-4/h4,11H,2-3H2,1H3,(H5,9,10,12,13,14). The molecule has 1 fully saturated rings. The molecular formula is C8H14N6. The molecule has 1 aliphatic carbocycles. The van der Waals surface area contributed by atoms with Crippen LogP contribution in [-0.2, 0) is 0 Å². The van der Waals surface area contributed by atoms with E-state index in [-0.39, 0.29) is 5.95 Å². The van der Waals surface area contributed by atoms with Gasteiger partial charge in [-0.3, -0.25) is 0 Å². The Labute approximate surface area is 82.1 Å². The Hall–Kier alpha value is -1.72. The molecule has 14 heavy (non-hydrogen) atoms. The lowest BCUT2D eigenvalue weighted by atomic mass is 10.4. The number of aromatic nitrogens is 2. The quantitative estimate of drug-likeness (QED) is 0.550. The zero-order valence-corrected chi connectivity index (χ0v) is 8.04. The van der Waals surface area contributed by atoms with Crippen LogP contribution in [0, 0.1) is 0 Å². The van der Waals surface area contributed by atoms with Gasteiger partial charge in [0.05, 0.1) is 0 Å². The van der Waals surface area contributed by atoms with Crippen LogP contribution in [0.3, 0.4) is 0 Å². The summed E-state index contributed by atoms with van der Waals surface area (Å²) in [6, 6.07) is 0.510. The number of nitrogens with two attached hydrogens (primary N) is 2. The summed E-state index contributed by atoms with van der Waals surface area (Å²) in [5.74, 6) is 1.27. The van der Waals surface area contributed by atoms with Gasteiger partial charge >= 0.3 is 0 Å². The van der Waals surface area contributed by atoms with Crippen molar-refractivity contribution in [2.75, 3.05) is 29.1 Å².